The molecule has 0 aliphatic carbocycles. The third kappa shape index (κ3) is 1.03. The summed E-state index contributed by atoms with van der Waals surface area (Å²) in [5.74, 6) is 4.82. The molecule has 3 heteroatoms. The van der Waals surface area contributed by atoms with Gasteiger partial charge >= 0.3 is 0 Å². The number of hydrogen-bond donors (Lipinski definition) is 1. The van der Waals surface area contributed by atoms with Gasteiger partial charge in [0.1, 0.15) is 0 Å². The van der Waals surface area contributed by atoms with Gasteiger partial charge in [0.15, 0.2) is 0 Å². The average molecular weight is 116 g/mol. The van der Waals surface area contributed by atoms with Crippen LogP contribution in [0, 0.1) is 0 Å². The number of hydrazone groups is 1. The second-order valence-corrected chi connectivity index (χ2v) is 3.03. The monoisotopic (exact) mass is 116 g/mol. The molecular weight excluding hydrogens is 108 g/mol. The Labute approximate surface area is 45.7 Å². The Balaban J connectivity index is 2.58. The van der Waals surface area contributed by atoms with Gasteiger partial charge in [-0.1, -0.05) is 16.5 Å². The minimum absolute atomic E-state index is 0.0934. The third-order valence-electron chi connectivity index (χ3n) is 0.749. The lowest BCUT2D eigenvalue weighted by molar-refractivity contribution is 1.13. The van der Waals surface area contributed by atoms with Crippen molar-refractivity contribution >= 4 is 22.3 Å². The zero-order valence-electron chi connectivity index (χ0n) is 4.27. The van der Waals surface area contributed by atoms with Crippen LogP contribution in [0.25, 0.3) is 0 Å². The second-order valence-electron chi connectivity index (χ2n) is 1.58. The summed E-state index contributed by atoms with van der Waals surface area (Å²) in [6, 6.07) is 0. The molecule has 1 atom stereocenters. The number of nitrogens with one attached hydrogen (secondary N) is 1. The van der Waals surface area contributed by atoms with E-state index in [4.69, 9.17) is 0 Å². The summed E-state index contributed by atoms with van der Waals surface area (Å²) in [4.78, 5) is 2.87. The van der Waals surface area contributed by atoms with E-state index in [1.54, 1.807) is 0 Å². The van der Waals surface area contributed by atoms with Crippen LogP contribution in [0.5, 0.6) is 0 Å². The fraction of sp³-hybridized carbons (Fsp3) is 0.500. The van der Waals surface area contributed by atoms with Crippen molar-refractivity contribution in [3.63, 3.8) is 0 Å². The van der Waals surface area contributed by atoms with Crippen LogP contribution < -0.4 is 4.83 Å². The van der Waals surface area contributed by atoms with Gasteiger partial charge in [-0.3, -0.25) is 4.83 Å². The van der Waals surface area contributed by atoms with Crippen LogP contribution in [0.1, 0.15) is 6.92 Å². The molecule has 0 aromatic heterocycles. The van der Waals surface area contributed by atoms with Crippen molar-refractivity contribution in [1.29, 1.82) is 0 Å². The van der Waals surface area contributed by atoms with Crippen LogP contribution in [0.3, 0.4) is 0 Å². The molecule has 1 N–H and O–H groups in total. The maximum absolute atomic E-state index is 3.93. The van der Waals surface area contributed by atoms with Crippen molar-refractivity contribution in [2.75, 3.05) is 5.75 Å². The molecule has 0 radical (unpaired) electrons. The molecule has 0 aromatic carbocycles. The van der Waals surface area contributed by atoms with E-state index < -0.39 is 0 Å². The van der Waals surface area contributed by atoms with E-state index >= 15 is 0 Å². The molecule has 1 aliphatic heterocycles. The fourth-order valence-corrected chi connectivity index (χ4v) is 1.38. The van der Waals surface area contributed by atoms with Crippen molar-refractivity contribution in [1.82, 2.24) is 4.83 Å². The maximum atomic E-state index is 3.93. The van der Waals surface area contributed by atoms with E-state index in [0.717, 1.165) is 5.75 Å². The summed E-state index contributed by atoms with van der Waals surface area (Å²) in [6.45, 7) is 2.01. The summed E-state index contributed by atoms with van der Waals surface area (Å²) in [6.07, 6.45) is 0. The van der Waals surface area contributed by atoms with Crippen molar-refractivity contribution < 1.29 is 0 Å². The molecule has 1 aliphatic rings. The summed E-state index contributed by atoms with van der Waals surface area (Å²) in [7, 11) is 0.0934. The highest BCUT2D eigenvalue weighted by Crippen LogP contribution is 2.08. The zero-order chi connectivity index (χ0) is 5.28. The van der Waals surface area contributed by atoms with Gasteiger partial charge in [-0.15, -0.1) is 0 Å². The van der Waals surface area contributed by atoms with Crippen LogP contribution in [0.4, 0.5) is 0 Å². The molecule has 40 valence electrons. The first-order valence-electron chi connectivity index (χ1n) is 2.08. The van der Waals surface area contributed by atoms with E-state index in [9.17, 15) is 0 Å². The van der Waals surface area contributed by atoms with Crippen molar-refractivity contribution in [3.05, 3.63) is 0 Å². The molecule has 1 heterocycles. The minimum Gasteiger partial charge on any atom is -0.259 e. The number of nitrogens with zero attached hydrogens (tertiary/aromatic N) is 1. The molecule has 0 bridgehead atoms. The Bertz CT molecular complexity index is 128. The molecule has 1 rings (SSSR count). The van der Waals surface area contributed by atoms with Gasteiger partial charge in [0.05, 0.1) is 0 Å². The summed E-state index contributed by atoms with van der Waals surface area (Å²) >= 11 is 0. The van der Waals surface area contributed by atoms with E-state index in [-0.39, 0.29) is 10.7 Å². The maximum Gasteiger partial charge on any atom is 0.0473 e. The summed E-state index contributed by atoms with van der Waals surface area (Å²) < 4.78 is 0. The number of rotatable bonds is 0. The van der Waals surface area contributed by atoms with Crippen LogP contribution >= 0.6 is 10.7 Å². The van der Waals surface area contributed by atoms with E-state index in [1.165, 1.54) is 5.71 Å². The van der Waals surface area contributed by atoms with E-state index in [2.05, 4.69) is 15.8 Å². The van der Waals surface area contributed by atoms with Crippen molar-refractivity contribution in [3.8, 4) is 0 Å². The summed E-state index contributed by atoms with van der Waals surface area (Å²) in [5, 5.41) is 3.93. The van der Waals surface area contributed by atoms with E-state index in [0.29, 0.717) is 0 Å². The van der Waals surface area contributed by atoms with Crippen LogP contribution in [-0.2, 0) is 0 Å². The molecule has 7 heavy (non-hydrogen) atoms. The van der Waals surface area contributed by atoms with Crippen LogP contribution in [-0.4, -0.2) is 17.3 Å². The molecule has 0 saturated carbocycles. The summed E-state index contributed by atoms with van der Waals surface area (Å²) in [5.41, 5.74) is 1.17. The van der Waals surface area contributed by atoms with Crippen LogP contribution in [0.15, 0.2) is 5.10 Å². The van der Waals surface area contributed by atoms with Gasteiger partial charge < -0.3 is 0 Å². The minimum atomic E-state index is 0.0934. The number of hydrogen-bond acceptors (Lipinski definition) is 2. The Morgan fingerprint density at radius 3 is 2.86 bits per heavy atom. The highest BCUT2D eigenvalue weighted by molar-refractivity contribution is 8.13. The smallest absolute Gasteiger partial charge is 0.0473 e. The first-order chi connectivity index (χ1) is 3.29. The Morgan fingerprint density at radius 2 is 2.71 bits per heavy atom. The molecule has 0 amide bonds. The van der Waals surface area contributed by atoms with Gasteiger partial charge in [-0.05, 0) is 6.92 Å². The van der Waals surface area contributed by atoms with Crippen molar-refractivity contribution in [2.24, 2.45) is 5.10 Å². The standard InChI is InChI=1S/C4H8N2S/c1-4-3-7(2)6-5-4/h6H,2-3H2,1H3. The average Bonchev–Trinajstić information content (AvgIpc) is 1.87. The lowest BCUT2D eigenvalue weighted by atomic mass is 10.5. The molecule has 0 spiro atoms. The first-order valence-corrected chi connectivity index (χ1v) is 3.65. The largest absolute Gasteiger partial charge is 0.259 e. The second kappa shape index (κ2) is 1.66. The van der Waals surface area contributed by atoms with Gasteiger partial charge in [-0.25, -0.2) is 0 Å². The quantitative estimate of drug-likeness (QED) is 0.460. The molecule has 0 saturated heterocycles. The van der Waals surface area contributed by atoms with Gasteiger partial charge in [0.2, 0.25) is 0 Å². The molecule has 1 unspecified atom stereocenters. The van der Waals surface area contributed by atoms with Gasteiger partial charge in [-0.2, -0.15) is 5.10 Å². The molecule has 0 fully saturated rings. The van der Waals surface area contributed by atoms with Gasteiger partial charge in [0, 0.05) is 11.5 Å². The first kappa shape index (κ1) is 4.84. The Morgan fingerprint density at radius 1 is 2.00 bits per heavy atom. The van der Waals surface area contributed by atoms with Crippen molar-refractivity contribution in [2.45, 2.75) is 6.92 Å². The third-order valence-corrected chi connectivity index (χ3v) is 1.86. The Kier molecular flexibility index (Phi) is 1.15. The zero-order valence-corrected chi connectivity index (χ0v) is 5.09. The van der Waals surface area contributed by atoms with Crippen LogP contribution in [0.2, 0.25) is 0 Å². The predicted molar refractivity (Wildman–Crippen MR) is 35.8 cm³/mol. The van der Waals surface area contributed by atoms with Gasteiger partial charge in [0.25, 0.3) is 0 Å². The lowest BCUT2D eigenvalue weighted by Crippen LogP contribution is -1.87. The topological polar surface area (TPSA) is 24.4 Å². The molecular formula is C4H8N2S. The highest BCUT2D eigenvalue weighted by atomic mass is 32.2. The fourth-order valence-electron chi connectivity index (χ4n) is 0.459. The predicted octanol–water partition coefficient (Wildman–Crippen LogP) is 0.581. The molecule has 2 nitrogen and oxygen atoms in total. The Hall–Kier alpha value is -0.310. The SMILES string of the molecule is C=S1CC(C)=NN1. The van der Waals surface area contributed by atoms with E-state index in [1.807, 2.05) is 6.92 Å². The lowest BCUT2D eigenvalue weighted by Gasteiger charge is -1.88. The highest BCUT2D eigenvalue weighted by Gasteiger charge is 1.99. The normalized spacial score (nSPS) is 29.3. The molecule has 0 aromatic rings.